The summed E-state index contributed by atoms with van der Waals surface area (Å²) < 4.78 is 0. The van der Waals surface area contributed by atoms with E-state index in [0.717, 1.165) is 11.3 Å². The van der Waals surface area contributed by atoms with Gasteiger partial charge in [0.15, 0.2) is 6.04 Å². The summed E-state index contributed by atoms with van der Waals surface area (Å²) in [4.78, 5) is 11.4. The Balaban J connectivity index is 2.23. The summed E-state index contributed by atoms with van der Waals surface area (Å²) in [6.45, 7) is 1.96. The molecule has 0 bridgehead atoms. The highest BCUT2D eigenvalue weighted by Crippen LogP contribution is 2.21. The molecule has 0 aliphatic carbocycles. The van der Waals surface area contributed by atoms with Gasteiger partial charge in [-0.3, -0.25) is 0 Å². The van der Waals surface area contributed by atoms with Crippen LogP contribution < -0.4 is 5.32 Å². The average molecular weight is 276 g/mol. The number of anilines is 1. The molecule has 0 spiro atoms. The molecule has 19 heavy (non-hydrogen) atoms. The number of halogens is 1. The largest absolute Gasteiger partial charge is 0.479 e. The number of aryl methyl sites for hydroxylation is 1. The summed E-state index contributed by atoms with van der Waals surface area (Å²) in [5, 5.41) is 12.9. The summed E-state index contributed by atoms with van der Waals surface area (Å²) >= 11 is 5.80. The van der Waals surface area contributed by atoms with Gasteiger partial charge in [-0.05, 0) is 36.8 Å². The minimum absolute atomic E-state index is 0.618. The van der Waals surface area contributed by atoms with Gasteiger partial charge in [0.05, 0.1) is 0 Å². The third-order valence-electron chi connectivity index (χ3n) is 2.81. The molecule has 2 rings (SSSR count). The van der Waals surface area contributed by atoms with Crippen molar-refractivity contribution in [1.82, 2.24) is 0 Å². The van der Waals surface area contributed by atoms with Gasteiger partial charge in [-0.1, -0.05) is 41.4 Å². The third kappa shape index (κ3) is 3.48. The Hall–Kier alpha value is -2.00. The molecule has 0 amide bonds. The molecule has 0 saturated carbocycles. The first-order chi connectivity index (χ1) is 9.06. The molecule has 4 heteroatoms. The van der Waals surface area contributed by atoms with Crippen LogP contribution in [0.3, 0.4) is 0 Å². The standard InChI is InChI=1S/C15H14ClNO2/c1-10-2-4-11(5-3-10)14(15(18)19)17-13-8-6-12(16)7-9-13/h2-9,14,17H,1H3,(H,18,19). The normalized spacial score (nSPS) is 11.9. The first-order valence-electron chi connectivity index (χ1n) is 5.88. The molecule has 1 unspecified atom stereocenters. The summed E-state index contributed by atoms with van der Waals surface area (Å²) in [5.41, 5.74) is 2.53. The van der Waals surface area contributed by atoms with Crippen molar-refractivity contribution < 1.29 is 9.90 Å². The van der Waals surface area contributed by atoms with Gasteiger partial charge in [-0.25, -0.2) is 4.79 Å². The van der Waals surface area contributed by atoms with Gasteiger partial charge in [0, 0.05) is 10.7 Å². The number of carboxylic acids is 1. The van der Waals surface area contributed by atoms with E-state index in [2.05, 4.69) is 5.32 Å². The Bertz CT molecular complexity index is 564. The molecular formula is C15H14ClNO2. The number of benzene rings is 2. The zero-order chi connectivity index (χ0) is 13.8. The molecule has 0 saturated heterocycles. The summed E-state index contributed by atoms with van der Waals surface area (Å²) in [6, 6.07) is 13.6. The molecule has 3 nitrogen and oxygen atoms in total. The van der Waals surface area contributed by atoms with Crippen LogP contribution >= 0.6 is 11.6 Å². The molecular weight excluding hydrogens is 262 g/mol. The lowest BCUT2D eigenvalue weighted by Crippen LogP contribution is -2.20. The molecule has 0 aliphatic rings. The van der Waals surface area contributed by atoms with Crippen molar-refractivity contribution in [1.29, 1.82) is 0 Å². The second-order valence-electron chi connectivity index (χ2n) is 4.33. The Morgan fingerprint density at radius 1 is 1.11 bits per heavy atom. The molecule has 0 heterocycles. The lowest BCUT2D eigenvalue weighted by atomic mass is 10.0. The fourth-order valence-corrected chi connectivity index (χ4v) is 1.89. The fraction of sp³-hybridized carbons (Fsp3) is 0.133. The van der Waals surface area contributed by atoms with Gasteiger partial charge in [0.25, 0.3) is 0 Å². The number of rotatable bonds is 4. The molecule has 0 aromatic heterocycles. The molecule has 1 atom stereocenters. The van der Waals surface area contributed by atoms with Crippen molar-refractivity contribution in [2.24, 2.45) is 0 Å². The van der Waals surface area contributed by atoms with Crippen LogP contribution in [-0.4, -0.2) is 11.1 Å². The van der Waals surface area contributed by atoms with Gasteiger partial charge >= 0.3 is 5.97 Å². The zero-order valence-corrected chi connectivity index (χ0v) is 11.2. The quantitative estimate of drug-likeness (QED) is 0.890. The number of hydrogen-bond donors (Lipinski definition) is 2. The van der Waals surface area contributed by atoms with Crippen LogP contribution in [0.1, 0.15) is 17.2 Å². The summed E-state index contributed by atoms with van der Waals surface area (Å²) in [7, 11) is 0. The van der Waals surface area contributed by atoms with Gasteiger partial charge in [-0.2, -0.15) is 0 Å². The topological polar surface area (TPSA) is 49.3 Å². The Morgan fingerprint density at radius 2 is 1.68 bits per heavy atom. The average Bonchev–Trinajstić information content (AvgIpc) is 2.39. The number of nitrogens with one attached hydrogen (secondary N) is 1. The highest BCUT2D eigenvalue weighted by molar-refractivity contribution is 6.30. The number of hydrogen-bond acceptors (Lipinski definition) is 2. The Morgan fingerprint density at radius 3 is 2.21 bits per heavy atom. The number of aliphatic carboxylic acids is 1. The first-order valence-corrected chi connectivity index (χ1v) is 6.25. The molecule has 2 N–H and O–H groups in total. The van der Waals surface area contributed by atoms with E-state index >= 15 is 0 Å². The van der Waals surface area contributed by atoms with E-state index in [1.165, 1.54) is 0 Å². The molecule has 0 aliphatic heterocycles. The third-order valence-corrected chi connectivity index (χ3v) is 3.06. The number of carbonyl (C=O) groups is 1. The highest BCUT2D eigenvalue weighted by atomic mass is 35.5. The van der Waals surface area contributed by atoms with Crippen molar-refractivity contribution >= 4 is 23.3 Å². The van der Waals surface area contributed by atoms with Gasteiger partial charge in [0.1, 0.15) is 0 Å². The monoisotopic (exact) mass is 275 g/mol. The van der Waals surface area contributed by atoms with Crippen LogP contribution in [0.15, 0.2) is 48.5 Å². The fourth-order valence-electron chi connectivity index (χ4n) is 1.76. The van der Waals surface area contributed by atoms with E-state index < -0.39 is 12.0 Å². The van der Waals surface area contributed by atoms with E-state index in [0.29, 0.717) is 10.6 Å². The summed E-state index contributed by atoms with van der Waals surface area (Å²) in [6.07, 6.45) is 0. The predicted molar refractivity (Wildman–Crippen MR) is 76.6 cm³/mol. The van der Waals surface area contributed by atoms with Gasteiger partial charge < -0.3 is 10.4 Å². The summed E-state index contributed by atoms with van der Waals surface area (Å²) in [5.74, 6) is -0.918. The lowest BCUT2D eigenvalue weighted by molar-refractivity contribution is -0.138. The highest BCUT2D eigenvalue weighted by Gasteiger charge is 2.19. The van der Waals surface area contributed by atoms with Crippen LogP contribution in [0.4, 0.5) is 5.69 Å². The van der Waals surface area contributed by atoms with Crippen molar-refractivity contribution in [2.45, 2.75) is 13.0 Å². The Kier molecular flexibility index (Phi) is 4.07. The molecule has 98 valence electrons. The molecule has 0 fully saturated rings. The molecule has 2 aromatic rings. The van der Waals surface area contributed by atoms with Crippen molar-refractivity contribution in [3.63, 3.8) is 0 Å². The van der Waals surface area contributed by atoms with E-state index in [9.17, 15) is 9.90 Å². The van der Waals surface area contributed by atoms with Crippen LogP contribution in [0.2, 0.25) is 5.02 Å². The van der Waals surface area contributed by atoms with Crippen molar-refractivity contribution in [2.75, 3.05) is 5.32 Å². The lowest BCUT2D eigenvalue weighted by Gasteiger charge is -2.16. The van der Waals surface area contributed by atoms with E-state index in [-0.39, 0.29) is 0 Å². The van der Waals surface area contributed by atoms with Crippen molar-refractivity contribution in [3.8, 4) is 0 Å². The minimum atomic E-state index is -0.918. The maximum atomic E-state index is 11.4. The number of carboxylic acid groups (broad SMARTS) is 1. The minimum Gasteiger partial charge on any atom is -0.479 e. The maximum absolute atomic E-state index is 11.4. The predicted octanol–water partition coefficient (Wildman–Crippen LogP) is 3.89. The van der Waals surface area contributed by atoms with Crippen LogP contribution in [0.25, 0.3) is 0 Å². The molecule has 0 radical (unpaired) electrons. The smallest absolute Gasteiger partial charge is 0.330 e. The maximum Gasteiger partial charge on any atom is 0.330 e. The van der Waals surface area contributed by atoms with Crippen LogP contribution in [0, 0.1) is 6.92 Å². The van der Waals surface area contributed by atoms with Crippen LogP contribution in [-0.2, 0) is 4.79 Å². The zero-order valence-electron chi connectivity index (χ0n) is 10.4. The van der Waals surface area contributed by atoms with Gasteiger partial charge in [0.2, 0.25) is 0 Å². The second-order valence-corrected chi connectivity index (χ2v) is 4.77. The van der Waals surface area contributed by atoms with E-state index in [1.54, 1.807) is 24.3 Å². The molecule has 2 aromatic carbocycles. The van der Waals surface area contributed by atoms with Crippen LogP contribution in [0.5, 0.6) is 0 Å². The SMILES string of the molecule is Cc1ccc(C(Nc2ccc(Cl)cc2)C(=O)O)cc1. The van der Waals surface area contributed by atoms with E-state index in [4.69, 9.17) is 11.6 Å². The second kappa shape index (κ2) is 5.76. The Labute approximate surface area is 116 Å². The van der Waals surface area contributed by atoms with Crippen molar-refractivity contribution in [3.05, 3.63) is 64.7 Å². The first kappa shape index (κ1) is 13.4. The van der Waals surface area contributed by atoms with E-state index in [1.807, 2.05) is 31.2 Å². The van der Waals surface area contributed by atoms with Gasteiger partial charge in [-0.15, -0.1) is 0 Å².